The summed E-state index contributed by atoms with van der Waals surface area (Å²) in [6, 6.07) is 6.03. The van der Waals surface area contributed by atoms with Crippen LogP contribution in [0.25, 0.3) is 11.0 Å². The molecule has 1 heterocycles. The second-order valence-electron chi connectivity index (χ2n) is 5.38. The average molecular weight is 249 g/mol. The Balaban J connectivity index is 2.16. The quantitative estimate of drug-likeness (QED) is 0.795. The summed E-state index contributed by atoms with van der Waals surface area (Å²) in [7, 11) is 0. The fourth-order valence-electron chi connectivity index (χ4n) is 2.33. The molecule has 0 radical (unpaired) electrons. The first-order valence-electron chi connectivity index (χ1n) is 6.31. The molecule has 2 aromatic rings. The van der Waals surface area contributed by atoms with Crippen molar-refractivity contribution in [1.29, 1.82) is 0 Å². The molecule has 0 unspecified atom stereocenters. The molecule has 1 aromatic heterocycles. The predicted molar refractivity (Wildman–Crippen MR) is 71.6 cm³/mol. The van der Waals surface area contributed by atoms with E-state index in [1.165, 1.54) is 24.2 Å². The highest BCUT2D eigenvalue weighted by molar-refractivity contribution is 6.31. The Labute approximate surface area is 107 Å². The van der Waals surface area contributed by atoms with Crippen LogP contribution in [0.5, 0.6) is 0 Å². The molecule has 0 bridgehead atoms. The van der Waals surface area contributed by atoms with Gasteiger partial charge in [0, 0.05) is 17.5 Å². The summed E-state index contributed by atoms with van der Waals surface area (Å²) < 4.78 is 2.38. The molecule has 0 atom stereocenters. The van der Waals surface area contributed by atoms with Crippen molar-refractivity contribution in [3.63, 3.8) is 0 Å². The van der Waals surface area contributed by atoms with Gasteiger partial charge in [-0.2, -0.15) is 0 Å². The lowest BCUT2D eigenvalue weighted by atomic mass is 10.2. The number of fused-ring (bicyclic) bond motifs is 1. The standard InChI is InChI=1S/C14H17ClN2/c1-9(2)8-17-13-6-5-11(15)7-12(13)16-14(17)10-3-4-10/h5-7,9-10H,3-4,8H2,1-2H3. The molecular formula is C14H17ClN2. The van der Waals surface area contributed by atoms with Gasteiger partial charge in [-0.1, -0.05) is 25.4 Å². The fraction of sp³-hybridized carbons (Fsp3) is 0.500. The summed E-state index contributed by atoms with van der Waals surface area (Å²) in [6.07, 6.45) is 2.57. The molecule has 0 saturated heterocycles. The van der Waals surface area contributed by atoms with E-state index in [1.807, 2.05) is 12.1 Å². The molecule has 1 aliphatic carbocycles. The average Bonchev–Trinajstić information content (AvgIpc) is 3.03. The van der Waals surface area contributed by atoms with Crippen LogP contribution in [0.1, 0.15) is 38.4 Å². The molecule has 0 amide bonds. The Morgan fingerprint density at radius 3 is 2.82 bits per heavy atom. The fourth-order valence-corrected chi connectivity index (χ4v) is 2.50. The van der Waals surface area contributed by atoms with Crippen LogP contribution in [-0.4, -0.2) is 9.55 Å². The third-order valence-electron chi connectivity index (χ3n) is 3.23. The lowest BCUT2D eigenvalue weighted by Gasteiger charge is -2.11. The van der Waals surface area contributed by atoms with Crippen LogP contribution in [0, 0.1) is 5.92 Å². The van der Waals surface area contributed by atoms with Crippen LogP contribution < -0.4 is 0 Å². The van der Waals surface area contributed by atoms with Gasteiger partial charge in [-0.25, -0.2) is 4.98 Å². The number of hydrogen-bond acceptors (Lipinski definition) is 1. The summed E-state index contributed by atoms with van der Waals surface area (Å²) in [6.45, 7) is 5.54. The van der Waals surface area contributed by atoms with E-state index < -0.39 is 0 Å². The van der Waals surface area contributed by atoms with E-state index in [9.17, 15) is 0 Å². The minimum Gasteiger partial charge on any atom is -0.327 e. The lowest BCUT2D eigenvalue weighted by Crippen LogP contribution is -2.07. The second-order valence-corrected chi connectivity index (χ2v) is 5.82. The number of aromatic nitrogens is 2. The molecule has 1 fully saturated rings. The predicted octanol–water partition coefficient (Wildman–Crippen LogP) is 4.22. The first-order valence-corrected chi connectivity index (χ1v) is 6.68. The Morgan fingerprint density at radius 1 is 1.41 bits per heavy atom. The molecule has 1 saturated carbocycles. The SMILES string of the molecule is CC(C)Cn1c(C2CC2)nc2cc(Cl)ccc21. The molecule has 3 heteroatoms. The van der Waals surface area contributed by atoms with Gasteiger partial charge in [0.15, 0.2) is 0 Å². The smallest absolute Gasteiger partial charge is 0.113 e. The lowest BCUT2D eigenvalue weighted by molar-refractivity contribution is 0.517. The topological polar surface area (TPSA) is 17.8 Å². The summed E-state index contributed by atoms with van der Waals surface area (Å²) >= 11 is 6.03. The van der Waals surface area contributed by atoms with Crippen LogP contribution in [-0.2, 0) is 6.54 Å². The van der Waals surface area contributed by atoms with Crippen molar-refractivity contribution in [2.75, 3.05) is 0 Å². The van der Waals surface area contributed by atoms with Gasteiger partial charge >= 0.3 is 0 Å². The van der Waals surface area contributed by atoms with E-state index in [-0.39, 0.29) is 0 Å². The number of halogens is 1. The highest BCUT2D eigenvalue weighted by Crippen LogP contribution is 2.41. The Kier molecular flexibility index (Phi) is 2.62. The van der Waals surface area contributed by atoms with Gasteiger partial charge in [0.2, 0.25) is 0 Å². The largest absolute Gasteiger partial charge is 0.327 e. The minimum atomic E-state index is 0.639. The van der Waals surface area contributed by atoms with Gasteiger partial charge in [0.25, 0.3) is 0 Å². The van der Waals surface area contributed by atoms with E-state index in [0.29, 0.717) is 11.8 Å². The number of nitrogens with zero attached hydrogens (tertiary/aromatic N) is 2. The summed E-state index contributed by atoms with van der Waals surface area (Å²) in [4.78, 5) is 4.77. The van der Waals surface area contributed by atoms with Gasteiger partial charge in [0.05, 0.1) is 11.0 Å². The molecule has 1 aliphatic rings. The van der Waals surface area contributed by atoms with Gasteiger partial charge in [-0.15, -0.1) is 0 Å². The van der Waals surface area contributed by atoms with Crippen molar-refractivity contribution in [3.05, 3.63) is 29.0 Å². The van der Waals surface area contributed by atoms with Crippen molar-refractivity contribution in [2.45, 2.75) is 39.2 Å². The molecule has 1 aromatic carbocycles. The Morgan fingerprint density at radius 2 is 2.18 bits per heavy atom. The molecular weight excluding hydrogens is 232 g/mol. The second kappa shape index (κ2) is 4.02. The van der Waals surface area contributed by atoms with Gasteiger partial charge in [0.1, 0.15) is 5.82 Å². The molecule has 3 rings (SSSR count). The van der Waals surface area contributed by atoms with Crippen molar-refractivity contribution < 1.29 is 0 Å². The molecule has 0 spiro atoms. The van der Waals surface area contributed by atoms with Crippen molar-refractivity contribution >= 4 is 22.6 Å². The maximum Gasteiger partial charge on any atom is 0.113 e. The minimum absolute atomic E-state index is 0.639. The van der Waals surface area contributed by atoms with Crippen molar-refractivity contribution in [1.82, 2.24) is 9.55 Å². The molecule has 0 aliphatic heterocycles. The van der Waals surface area contributed by atoms with Gasteiger partial charge in [-0.3, -0.25) is 0 Å². The maximum absolute atomic E-state index is 6.03. The first kappa shape index (κ1) is 11.1. The number of hydrogen-bond donors (Lipinski definition) is 0. The van der Waals surface area contributed by atoms with Crippen molar-refractivity contribution in [3.8, 4) is 0 Å². The third kappa shape index (κ3) is 2.06. The van der Waals surface area contributed by atoms with E-state index in [4.69, 9.17) is 16.6 Å². The molecule has 2 nitrogen and oxygen atoms in total. The number of imidazole rings is 1. The highest BCUT2D eigenvalue weighted by Gasteiger charge is 2.29. The van der Waals surface area contributed by atoms with Crippen LogP contribution in [0.3, 0.4) is 0 Å². The zero-order valence-corrected chi connectivity index (χ0v) is 11.0. The van der Waals surface area contributed by atoms with Crippen LogP contribution in [0.4, 0.5) is 0 Å². The Bertz CT molecular complexity index is 553. The van der Waals surface area contributed by atoms with Crippen LogP contribution in [0.2, 0.25) is 5.02 Å². The zero-order valence-electron chi connectivity index (χ0n) is 10.3. The molecule has 0 N–H and O–H groups in total. The van der Waals surface area contributed by atoms with E-state index in [0.717, 1.165) is 17.1 Å². The van der Waals surface area contributed by atoms with Crippen LogP contribution in [0.15, 0.2) is 18.2 Å². The van der Waals surface area contributed by atoms with Gasteiger partial charge < -0.3 is 4.57 Å². The Hall–Kier alpha value is -1.02. The number of benzene rings is 1. The van der Waals surface area contributed by atoms with E-state index in [2.05, 4.69) is 24.5 Å². The molecule has 17 heavy (non-hydrogen) atoms. The normalized spacial score (nSPS) is 16.0. The maximum atomic E-state index is 6.03. The third-order valence-corrected chi connectivity index (χ3v) is 3.47. The zero-order chi connectivity index (χ0) is 12.0. The summed E-state index contributed by atoms with van der Waals surface area (Å²) in [5.41, 5.74) is 2.27. The van der Waals surface area contributed by atoms with Crippen molar-refractivity contribution in [2.24, 2.45) is 5.92 Å². The molecule has 90 valence electrons. The summed E-state index contributed by atoms with van der Waals surface area (Å²) in [5.74, 6) is 2.58. The van der Waals surface area contributed by atoms with Gasteiger partial charge in [-0.05, 0) is 37.0 Å². The number of rotatable bonds is 3. The first-order chi connectivity index (χ1) is 8.15. The van der Waals surface area contributed by atoms with E-state index in [1.54, 1.807) is 0 Å². The highest BCUT2D eigenvalue weighted by atomic mass is 35.5. The summed E-state index contributed by atoms with van der Waals surface area (Å²) in [5, 5.41) is 0.772. The monoisotopic (exact) mass is 248 g/mol. The van der Waals surface area contributed by atoms with Crippen LogP contribution >= 0.6 is 11.6 Å². The van der Waals surface area contributed by atoms with E-state index >= 15 is 0 Å².